The van der Waals surface area contributed by atoms with Crippen molar-refractivity contribution in [1.29, 1.82) is 0 Å². The van der Waals surface area contributed by atoms with Gasteiger partial charge >= 0.3 is 0 Å². The average molecular weight is 388 g/mol. The van der Waals surface area contributed by atoms with Crippen LogP contribution in [0.15, 0.2) is 54.7 Å². The van der Waals surface area contributed by atoms with Crippen LogP contribution < -0.4 is 5.32 Å². The number of nitrogens with zero attached hydrogens (tertiary/aromatic N) is 2. The van der Waals surface area contributed by atoms with Gasteiger partial charge in [-0.15, -0.1) is 0 Å². The summed E-state index contributed by atoms with van der Waals surface area (Å²) in [5.74, 6) is 0.144. The Bertz CT molecular complexity index is 984. The third-order valence-electron chi connectivity index (χ3n) is 3.97. The molecule has 0 radical (unpaired) electrons. The molecule has 1 heterocycles. The van der Waals surface area contributed by atoms with Gasteiger partial charge in [-0.2, -0.15) is 5.10 Å². The van der Waals surface area contributed by atoms with Gasteiger partial charge in [-0.1, -0.05) is 35.9 Å². The van der Waals surface area contributed by atoms with Gasteiger partial charge in [-0.25, -0.2) is 4.68 Å². The molecule has 5 nitrogen and oxygen atoms in total. The zero-order chi connectivity index (χ0) is 18.7. The standard InChI is InChI=1S/C19H18ClN3O2S/c1-13-14(12-26(2)25)6-5-8-16(13)21-19(24)17-10-11-23(22-17)18-9-4-3-7-15(18)20/h3-11H,12H2,1-2H3,(H,21,24)/t26-/m0/s1. The van der Waals surface area contributed by atoms with Crippen LogP contribution in [0.3, 0.4) is 0 Å². The van der Waals surface area contributed by atoms with E-state index >= 15 is 0 Å². The number of amides is 1. The smallest absolute Gasteiger partial charge is 0.276 e. The third-order valence-corrected chi connectivity index (χ3v) is 5.01. The molecule has 1 N–H and O–H groups in total. The molecule has 0 saturated carbocycles. The number of nitrogens with one attached hydrogen (secondary N) is 1. The number of anilines is 1. The maximum atomic E-state index is 12.5. The van der Waals surface area contributed by atoms with E-state index in [1.165, 1.54) is 0 Å². The molecule has 2 aromatic carbocycles. The van der Waals surface area contributed by atoms with Crippen LogP contribution in [0, 0.1) is 6.92 Å². The second-order valence-corrected chi connectivity index (χ2v) is 7.70. The molecule has 0 unspecified atom stereocenters. The number of hydrogen-bond donors (Lipinski definition) is 1. The molecule has 0 saturated heterocycles. The monoisotopic (exact) mass is 387 g/mol. The third kappa shape index (κ3) is 4.03. The predicted molar refractivity (Wildman–Crippen MR) is 105 cm³/mol. The summed E-state index contributed by atoms with van der Waals surface area (Å²) in [6, 6.07) is 14.5. The molecule has 134 valence electrons. The normalized spacial score (nSPS) is 12.0. The van der Waals surface area contributed by atoms with Crippen LogP contribution >= 0.6 is 11.6 Å². The second-order valence-electron chi connectivity index (χ2n) is 5.86. The maximum absolute atomic E-state index is 12.5. The van der Waals surface area contributed by atoms with Crippen LogP contribution in [-0.4, -0.2) is 26.2 Å². The highest BCUT2D eigenvalue weighted by Gasteiger charge is 2.14. The van der Waals surface area contributed by atoms with Gasteiger partial charge in [-0.3, -0.25) is 9.00 Å². The highest BCUT2D eigenvalue weighted by Crippen LogP contribution is 2.22. The molecule has 0 aliphatic rings. The number of halogens is 1. The molecule has 0 aliphatic heterocycles. The zero-order valence-corrected chi connectivity index (χ0v) is 16.0. The van der Waals surface area contributed by atoms with E-state index in [2.05, 4.69) is 10.4 Å². The van der Waals surface area contributed by atoms with Gasteiger partial charge < -0.3 is 5.32 Å². The first-order chi connectivity index (χ1) is 12.5. The number of hydrogen-bond acceptors (Lipinski definition) is 3. The van der Waals surface area contributed by atoms with Crippen molar-refractivity contribution in [2.45, 2.75) is 12.7 Å². The lowest BCUT2D eigenvalue weighted by Crippen LogP contribution is -2.14. The van der Waals surface area contributed by atoms with E-state index in [0.29, 0.717) is 22.2 Å². The number of rotatable bonds is 5. The summed E-state index contributed by atoms with van der Waals surface area (Å²) in [5, 5.41) is 7.74. The molecule has 0 spiro atoms. The molecule has 3 aromatic rings. The van der Waals surface area contributed by atoms with Crippen molar-refractivity contribution in [3.05, 3.63) is 76.6 Å². The van der Waals surface area contributed by atoms with Gasteiger partial charge in [0.05, 0.1) is 10.7 Å². The van der Waals surface area contributed by atoms with Crippen molar-refractivity contribution in [2.75, 3.05) is 11.6 Å². The lowest BCUT2D eigenvalue weighted by Gasteiger charge is -2.11. The summed E-state index contributed by atoms with van der Waals surface area (Å²) in [6.07, 6.45) is 3.35. The SMILES string of the molecule is Cc1c(C[S@](C)=O)cccc1NC(=O)c1ccn(-c2ccccc2Cl)n1. The van der Waals surface area contributed by atoms with Crippen molar-refractivity contribution in [2.24, 2.45) is 0 Å². The zero-order valence-electron chi connectivity index (χ0n) is 14.4. The fourth-order valence-electron chi connectivity index (χ4n) is 2.60. The number of benzene rings is 2. The first-order valence-electron chi connectivity index (χ1n) is 7.96. The molecule has 1 aromatic heterocycles. The molecule has 7 heteroatoms. The molecule has 1 amide bonds. The summed E-state index contributed by atoms with van der Waals surface area (Å²) < 4.78 is 13.1. The Balaban J connectivity index is 1.82. The van der Waals surface area contributed by atoms with E-state index in [9.17, 15) is 9.00 Å². The number of carbonyl (C=O) groups excluding carboxylic acids is 1. The van der Waals surface area contributed by atoms with E-state index in [1.54, 1.807) is 29.3 Å². The molecular weight excluding hydrogens is 370 g/mol. The van der Waals surface area contributed by atoms with Gasteiger partial charge in [0.1, 0.15) is 0 Å². The van der Waals surface area contributed by atoms with Crippen LogP contribution in [0.5, 0.6) is 0 Å². The lowest BCUT2D eigenvalue weighted by atomic mass is 10.1. The molecular formula is C19H18ClN3O2S. The fourth-order valence-corrected chi connectivity index (χ4v) is 3.57. The Morgan fingerprint density at radius 1 is 1.19 bits per heavy atom. The van der Waals surface area contributed by atoms with E-state index in [1.807, 2.05) is 43.3 Å². The van der Waals surface area contributed by atoms with E-state index in [-0.39, 0.29) is 11.6 Å². The van der Waals surface area contributed by atoms with Crippen molar-refractivity contribution < 1.29 is 9.00 Å². The maximum Gasteiger partial charge on any atom is 0.276 e. The Morgan fingerprint density at radius 2 is 1.96 bits per heavy atom. The summed E-state index contributed by atoms with van der Waals surface area (Å²) in [6.45, 7) is 1.90. The van der Waals surface area contributed by atoms with Crippen LogP contribution in [0.4, 0.5) is 5.69 Å². The Labute approximate surface area is 159 Å². The Kier molecular flexibility index (Phi) is 5.54. The molecule has 0 aliphatic carbocycles. The van der Waals surface area contributed by atoms with Crippen LogP contribution in [0.2, 0.25) is 5.02 Å². The summed E-state index contributed by atoms with van der Waals surface area (Å²) in [5.41, 5.74) is 3.53. The lowest BCUT2D eigenvalue weighted by molar-refractivity contribution is 0.102. The summed E-state index contributed by atoms with van der Waals surface area (Å²) >= 11 is 6.17. The molecule has 0 bridgehead atoms. The Hall–Kier alpha value is -2.44. The first kappa shape index (κ1) is 18.4. The second kappa shape index (κ2) is 7.85. The van der Waals surface area contributed by atoms with Crippen molar-refractivity contribution >= 4 is 34.0 Å². The molecule has 26 heavy (non-hydrogen) atoms. The summed E-state index contributed by atoms with van der Waals surface area (Å²) in [7, 11) is -0.945. The number of para-hydroxylation sites is 1. The fraction of sp³-hybridized carbons (Fsp3) is 0.158. The Morgan fingerprint density at radius 3 is 2.69 bits per heavy atom. The minimum Gasteiger partial charge on any atom is -0.320 e. The van der Waals surface area contributed by atoms with E-state index in [0.717, 1.165) is 11.1 Å². The van der Waals surface area contributed by atoms with E-state index in [4.69, 9.17) is 11.6 Å². The van der Waals surface area contributed by atoms with Crippen LogP contribution in [-0.2, 0) is 16.6 Å². The molecule has 3 rings (SSSR count). The highest BCUT2D eigenvalue weighted by molar-refractivity contribution is 7.83. The minimum atomic E-state index is -0.945. The number of aromatic nitrogens is 2. The van der Waals surface area contributed by atoms with Gasteiger partial charge in [0.2, 0.25) is 0 Å². The van der Waals surface area contributed by atoms with Gasteiger partial charge in [0.15, 0.2) is 5.69 Å². The van der Waals surface area contributed by atoms with Gasteiger partial charge in [0, 0.05) is 34.7 Å². The van der Waals surface area contributed by atoms with Crippen LogP contribution in [0.25, 0.3) is 5.69 Å². The van der Waals surface area contributed by atoms with Crippen molar-refractivity contribution in [1.82, 2.24) is 9.78 Å². The van der Waals surface area contributed by atoms with E-state index < -0.39 is 10.8 Å². The highest BCUT2D eigenvalue weighted by atomic mass is 35.5. The largest absolute Gasteiger partial charge is 0.320 e. The van der Waals surface area contributed by atoms with Crippen molar-refractivity contribution in [3.63, 3.8) is 0 Å². The topological polar surface area (TPSA) is 64.0 Å². The van der Waals surface area contributed by atoms with Gasteiger partial charge in [0.25, 0.3) is 5.91 Å². The van der Waals surface area contributed by atoms with Gasteiger partial charge in [-0.05, 0) is 42.3 Å². The predicted octanol–water partition coefficient (Wildman–Crippen LogP) is 3.96. The minimum absolute atomic E-state index is 0.286. The summed E-state index contributed by atoms with van der Waals surface area (Å²) in [4.78, 5) is 12.5. The quantitative estimate of drug-likeness (QED) is 0.720. The molecule has 1 atom stereocenters. The van der Waals surface area contributed by atoms with Crippen LogP contribution in [0.1, 0.15) is 21.6 Å². The average Bonchev–Trinajstić information content (AvgIpc) is 3.08. The first-order valence-corrected chi connectivity index (χ1v) is 10.1. The molecule has 0 fully saturated rings. The number of carbonyl (C=O) groups is 1. The van der Waals surface area contributed by atoms with Crippen molar-refractivity contribution in [3.8, 4) is 5.69 Å².